The molecule has 1 rings (SSSR count). The molecule has 1 saturated heterocycles. The number of ether oxygens (including phenoxy) is 1. The van der Waals surface area contributed by atoms with Crippen LogP contribution in [-0.4, -0.2) is 68.7 Å². The average Bonchev–Trinajstić information content (AvgIpc) is 2.50. The SMILES string of the molecule is CCCS(=O)(=O)N1CCC(NC(=NC)NCC(=O)OC(C)(C)C)CC1.I. The molecule has 26 heavy (non-hydrogen) atoms. The minimum atomic E-state index is -3.13. The number of nitrogens with one attached hydrogen (secondary N) is 2. The Labute approximate surface area is 174 Å². The Morgan fingerprint density at radius 1 is 1.27 bits per heavy atom. The molecule has 0 amide bonds. The van der Waals surface area contributed by atoms with Crippen LogP contribution in [0.4, 0.5) is 0 Å². The summed E-state index contributed by atoms with van der Waals surface area (Å²) in [6, 6.07) is 0.123. The van der Waals surface area contributed by atoms with Crippen molar-refractivity contribution in [3.63, 3.8) is 0 Å². The van der Waals surface area contributed by atoms with Gasteiger partial charge in [-0.05, 0) is 40.0 Å². The maximum atomic E-state index is 12.1. The number of hydrogen-bond donors (Lipinski definition) is 2. The van der Waals surface area contributed by atoms with Gasteiger partial charge in [-0.1, -0.05) is 6.92 Å². The summed E-state index contributed by atoms with van der Waals surface area (Å²) in [5.74, 6) is 0.362. The zero-order valence-corrected chi connectivity index (χ0v) is 19.5. The minimum absolute atomic E-state index is 0. The molecule has 0 aromatic rings. The number of carbonyl (C=O) groups is 1. The van der Waals surface area contributed by atoms with Crippen molar-refractivity contribution >= 4 is 45.9 Å². The molecule has 0 atom stereocenters. The molecule has 1 fully saturated rings. The fraction of sp³-hybridized carbons (Fsp3) is 0.875. The van der Waals surface area contributed by atoms with Gasteiger partial charge in [0.15, 0.2) is 5.96 Å². The molecule has 0 bridgehead atoms. The first kappa shape index (κ1) is 25.4. The number of piperidine rings is 1. The Morgan fingerprint density at radius 3 is 2.31 bits per heavy atom. The van der Waals surface area contributed by atoms with Gasteiger partial charge in [0, 0.05) is 26.2 Å². The number of aliphatic imine (C=N–C) groups is 1. The molecule has 0 aromatic carbocycles. The highest BCUT2D eigenvalue weighted by Gasteiger charge is 2.27. The van der Waals surface area contributed by atoms with Gasteiger partial charge < -0.3 is 15.4 Å². The highest BCUT2D eigenvalue weighted by molar-refractivity contribution is 14.0. The van der Waals surface area contributed by atoms with Crippen molar-refractivity contribution in [2.45, 2.75) is 58.6 Å². The van der Waals surface area contributed by atoms with Crippen LogP contribution in [0, 0.1) is 0 Å². The number of sulfonamides is 1. The predicted octanol–water partition coefficient (Wildman–Crippen LogP) is 1.32. The smallest absolute Gasteiger partial charge is 0.325 e. The molecule has 0 aromatic heterocycles. The zero-order valence-electron chi connectivity index (χ0n) is 16.4. The van der Waals surface area contributed by atoms with Crippen LogP contribution in [0.15, 0.2) is 4.99 Å². The summed E-state index contributed by atoms with van der Waals surface area (Å²) in [4.78, 5) is 15.8. The first-order valence-corrected chi connectivity index (χ1v) is 10.3. The second kappa shape index (κ2) is 11.3. The van der Waals surface area contributed by atoms with Crippen molar-refractivity contribution in [1.29, 1.82) is 0 Å². The summed E-state index contributed by atoms with van der Waals surface area (Å²) in [6.45, 7) is 8.36. The Morgan fingerprint density at radius 2 is 1.85 bits per heavy atom. The number of hydrogen-bond acceptors (Lipinski definition) is 5. The van der Waals surface area contributed by atoms with Gasteiger partial charge in [0.25, 0.3) is 0 Å². The van der Waals surface area contributed by atoms with Gasteiger partial charge in [-0.2, -0.15) is 0 Å². The van der Waals surface area contributed by atoms with Crippen molar-refractivity contribution in [1.82, 2.24) is 14.9 Å². The molecule has 1 aliphatic rings. The van der Waals surface area contributed by atoms with E-state index in [1.54, 1.807) is 11.4 Å². The van der Waals surface area contributed by atoms with Gasteiger partial charge >= 0.3 is 5.97 Å². The minimum Gasteiger partial charge on any atom is -0.459 e. The van der Waals surface area contributed by atoms with Crippen LogP contribution < -0.4 is 10.6 Å². The van der Waals surface area contributed by atoms with Crippen molar-refractivity contribution in [2.24, 2.45) is 4.99 Å². The Balaban J connectivity index is 0.00000625. The molecule has 10 heteroatoms. The number of carbonyl (C=O) groups excluding carboxylic acids is 1. The number of guanidine groups is 1. The van der Waals surface area contributed by atoms with Crippen LogP contribution in [0.5, 0.6) is 0 Å². The number of rotatable bonds is 6. The maximum absolute atomic E-state index is 12.1. The summed E-state index contributed by atoms with van der Waals surface area (Å²) in [7, 11) is -1.50. The maximum Gasteiger partial charge on any atom is 0.325 e. The van der Waals surface area contributed by atoms with E-state index in [0.29, 0.717) is 38.3 Å². The van der Waals surface area contributed by atoms with Crippen molar-refractivity contribution < 1.29 is 17.9 Å². The van der Waals surface area contributed by atoms with E-state index in [1.807, 2.05) is 27.7 Å². The quantitative estimate of drug-likeness (QED) is 0.245. The average molecular weight is 504 g/mol. The summed E-state index contributed by atoms with van der Waals surface area (Å²) in [5, 5.41) is 6.17. The molecule has 1 heterocycles. The number of halogens is 1. The first-order chi connectivity index (χ1) is 11.6. The Kier molecular flexibility index (Phi) is 11.0. The predicted molar refractivity (Wildman–Crippen MR) is 114 cm³/mol. The molecule has 8 nitrogen and oxygen atoms in total. The van der Waals surface area contributed by atoms with Gasteiger partial charge in [0.1, 0.15) is 12.1 Å². The lowest BCUT2D eigenvalue weighted by molar-refractivity contribution is -0.153. The molecule has 1 aliphatic heterocycles. The summed E-state index contributed by atoms with van der Waals surface area (Å²) < 4.78 is 31.0. The van der Waals surface area contributed by atoms with E-state index >= 15 is 0 Å². The third-order valence-corrected chi connectivity index (χ3v) is 5.77. The Bertz CT molecular complexity index is 567. The van der Waals surface area contributed by atoms with Crippen LogP contribution in [0.3, 0.4) is 0 Å². The van der Waals surface area contributed by atoms with E-state index in [-0.39, 0.29) is 48.3 Å². The fourth-order valence-electron chi connectivity index (χ4n) is 2.59. The van der Waals surface area contributed by atoms with Crippen LogP contribution in [0.1, 0.15) is 47.0 Å². The molecule has 0 spiro atoms. The van der Waals surface area contributed by atoms with E-state index in [9.17, 15) is 13.2 Å². The summed E-state index contributed by atoms with van der Waals surface area (Å²) >= 11 is 0. The van der Waals surface area contributed by atoms with Crippen LogP contribution in [0.2, 0.25) is 0 Å². The summed E-state index contributed by atoms with van der Waals surface area (Å²) in [5.41, 5.74) is -0.521. The van der Waals surface area contributed by atoms with Crippen LogP contribution in [0.25, 0.3) is 0 Å². The standard InChI is InChI=1S/C16H32N4O4S.HI/c1-6-11-25(22,23)20-9-7-13(8-10-20)19-15(17-5)18-12-14(21)24-16(2,3)4;/h13H,6-12H2,1-5H3,(H2,17,18,19);1H. The van der Waals surface area contributed by atoms with Gasteiger partial charge in [0.2, 0.25) is 10.0 Å². The lowest BCUT2D eigenvalue weighted by atomic mass is 10.1. The van der Waals surface area contributed by atoms with Gasteiger partial charge in [-0.15, -0.1) is 24.0 Å². The van der Waals surface area contributed by atoms with E-state index in [1.165, 1.54) is 0 Å². The molecule has 0 unspecified atom stereocenters. The molecular formula is C16H33IN4O4S. The molecule has 154 valence electrons. The van der Waals surface area contributed by atoms with E-state index in [2.05, 4.69) is 15.6 Å². The largest absolute Gasteiger partial charge is 0.459 e. The molecule has 0 radical (unpaired) electrons. The third kappa shape index (κ3) is 9.36. The first-order valence-electron chi connectivity index (χ1n) is 8.74. The second-order valence-electron chi connectivity index (χ2n) is 7.15. The van der Waals surface area contributed by atoms with Crippen molar-refractivity contribution in [2.75, 3.05) is 32.4 Å². The number of nitrogens with zero attached hydrogens (tertiary/aromatic N) is 2. The number of esters is 1. The molecular weight excluding hydrogens is 471 g/mol. The van der Waals surface area contributed by atoms with Crippen LogP contribution in [-0.2, 0) is 19.6 Å². The van der Waals surface area contributed by atoms with Gasteiger partial charge in [-0.25, -0.2) is 12.7 Å². The topological polar surface area (TPSA) is 100 Å². The summed E-state index contributed by atoms with van der Waals surface area (Å²) in [6.07, 6.45) is 2.04. The van der Waals surface area contributed by atoms with Gasteiger partial charge in [0.05, 0.1) is 5.75 Å². The monoisotopic (exact) mass is 504 g/mol. The van der Waals surface area contributed by atoms with Crippen LogP contribution >= 0.6 is 24.0 Å². The zero-order chi connectivity index (χ0) is 19.1. The van der Waals surface area contributed by atoms with E-state index in [0.717, 1.165) is 0 Å². The van der Waals surface area contributed by atoms with Crippen molar-refractivity contribution in [3.05, 3.63) is 0 Å². The Hall–Kier alpha value is -0.620. The molecule has 2 N–H and O–H groups in total. The molecule has 0 aliphatic carbocycles. The van der Waals surface area contributed by atoms with E-state index in [4.69, 9.17) is 4.74 Å². The third-order valence-electron chi connectivity index (χ3n) is 3.69. The molecule has 0 saturated carbocycles. The van der Waals surface area contributed by atoms with E-state index < -0.39 is 15.6 Å². The second-order valence-corrected chi connectivity index (χ2v) is 9.23. The fourth-order valence-corrected chi connectivity index (χ4v) is 4.13. The lowest BCUT2D eigenvalue weighted by Crippen LogP contribution is -2.50. The van der Waals surface area contributed by atoms with Gasteiger partial charge in [-0.3, -0.25) is 9.79 Å². The lowest BCUT2D eigenvalue weighted by Gasteiger charge is -2.32. The highest BCUT2D eigenvalue weighted by atomic mass is 127. The highest BCUT2D eigenvalue weighted by Crippen LogP contribution is 2.15. The van der Waals surface area contributed by atoms with Crippen molar-refractivity contribution in [3.8, 4) is 0 Å². The normalized spacial score (nSPS) is 17.3.